The van der Waals surface area contributed by atoms with Gasteiger partial charge in [-0.2, -0.15) is 10.5 Å². The van der Waals surface area contributed by atoms with Crippen molar-refractivity contribution in [2.45, 2.75) is 23.3 Å². The molecule has 3 nitrogen and oxygen atoms in total. The van der Waals surface area contributed by atoms with Crippen molar-refractivity contribution in [2.75, 3.05) is 0 Å². The second-order valence-electron chi connectivity index (χ2n) is 2.38. The smallest absolute Gasteiger partial charge is 0.160 e. The molecule has 0 aromatic carbocycles. The molecule has 1 aliphatic carbocycles. The molecule has 0 heterocycles. The fourth-order valence-electron chi connectivity index (χ4n) is 1.16. The van der Waals surface area contributed by atoms with Gasteiger partial charge in [-0.05, 0) is 36.4 Å². The van der Waals surface area contributed by atoms with Gasteiger partial charge in [-0.1, -0.05) is 0 Å². The molecular formula is C7H6N2OS2. The summed E-state index contributed by atoms with van der Waals surface area (Å²) in [6.45, 7) is 0. The quantitative estimate of drug-likeness (QED) is 0.629. The number of rotatable bonds is 2. The summed E-state index contributed by atoms with van der Waals surface area (Å²) in [6.07, 6.45) is 1.47. The number of thioether (sulfide) groups is 2. The lowest BCUT2D eigenvalue weighted by molar-refractivity contribution is -0.116. The lowest BCUT2D eigenvalue weighted by atomic mass is 10.3. The molecule has 62 valence electrons. The van der Waals surface area contributed by atoms with E-state index in [0.717, 1.165) is 36.4 Å². The number of carbonyl (C=O) groups excluding carboxylic acids is 1. The van der Waals surface area contributed by atoms with Gasteiger partial charge in [0.15, 0.2) is 5.78 Å². The lowest BCUT2D eigenvalue weighted by Crippen LogP contribution is -2.16. The van der Waals surface area contributed by atoms with E-state index in [2.05, 4.69) is 0 Å². The number of Topliss-reactive ketones (excluding diaryl/α,β-unsaturated/α-hetero) is 1. The zero-order chi connectivity index (χ0) is 8.97. The van der Waals surface area contributed by atoms with Crippen molar-refractivity contribution in [3.8, 4) is 10.8 Å². The SMILES string of the molecule is N#CS[C@@H]1CC[C@@H](SC#N)C1=O. The molecular weight excluding hydrogens is 192 g/mol. The molecule has 0 saturated heterocycles. The minimum Gasteiger partial charge on any atom is -0.297 e. The molecule has 0 N–H and O–H groups in total. The van der Waals surface area contributed by atoms with Gasteiger partial charge in [-0.15, -0.1) is 0 Å². The molecule has 2 atom stereocenters. The first-order chi connectivity index (χ1) is 5.79. The molecule has 0 aromatic heterocycles. The van der Waals surface area contributed by atoms with Gasteiger partial charge < -0.3 is 0 Å². The van der Waals surface area contributed by atoms with Gasteiger partial charge in [0.2, 0.25) is 0 Å². The Morgan fingerprint density at radius 1 is 1.17 bits per heavy atom. The summed E-state index contributed by atoms with van der Waals surface area (Å²) in [5.74, 6) is 0.0492. The molecule has 1 fully saturated rings. The normalized spacial score (nSPS) is 28.0. The van der Waals surface area contributed by atoms with Crippen LogP contribution in [0.2, 0.25) is 0 Å². The van der Waals surface area contributed by atoms with Crippen LogP contribution in [0.3, 0.4) is 0 Å². The van der Waals surface area contributed by atoms with Crippen molar-refractivity contribution in [3.05, 3.63) is 0 Å². The van der Waals surface area contributed by atoms with E-state index in [9.17, 15) is 4.79 Å². The van der Waals surface area contributed by atoms with E-state index in [1.807, 2.05) is 10.8 Å². The van der Waals surface area contributed by atoms with Crippen LogP contribution in [0.25, 0.3) is 0 Å². The number of thiocyanates is 2. The summed E-state index contributed by atoms with van der Waals surface area (Å²) < 4.78 is 0. The van der Waals surface area contributed by atoms with Crippen LogP contribution in [0, 0.1) is 21.3 Å². The summed E-state index contributed by atoms with van der Waals surface area (Å²) in [6, 6.07) is 0. The Labute approximate surface area is 79.1 Å². The summed E-state index contributed by atoms with van der Waals surface area (Å²) in [4.78, 5) is 11.3. The molecule has 0 unspecified atom stereocenters. The van der Waals surface area contributed by atoms with Crippen LogP contribution in [0.4, 0.5) is 0 Å². The lowest BCUT2D eigenvalue weighted by Gasteiger charge is -2.01. The molecule has 0 aliphatic heterocycles. The third-order valence-corrected chi connectivity index (χ3v) is 3.43. The first-order valence-electron chi connectivity index (χ1n) is 3.42. The second-order valence-corrected chi connectivity index (χ2v) is 4.35. The fraction of sp³-hybridized carbons (Fsp3) is 0.571. The van der Waals surface area contributed by atoms with Gasteiger partial charge in [0.25, 0.3) is 0 Å². The van der Waals surface area contributed by atoms with Crippen molar-refractivity contribution in [3.63, 3.8) is 0 Å². The number of ketones is 1. The largest absolute Gasteiger partial charge is 0.297 e. The van der Waals surface area contributed by atoms with E-state index in [-0.39, 0.29) is 16.3 Å². The van der Waals surface area contributed by atoms with Crippen LogP contribution in [-0.4, -0.2) is 16.3 Å². The Bertz CT molecular complexity index is 240. The van der Waals surface area contributed by atoms with Crippen molar-refractivity contribution in [1.29, 1.82) is 10.5 Å². The van der Waals surface area contributed by atoms with Crippen LogP contribution in [0.1, 0.15) is 12.8 Å². The number of hydrogen-bond donors (Lipinski definition) is 0. The number of nitrogens with zero attached hydrogens (tertiary/aromatic N) is 2. The van der Waals surface area contributed by atoms with E-state index in [1.54, 1.807) is 0 Å². The molecule has 0 amide bonds. The molecule has 12 heavy (non-hydrogen) atoms. The van der Waals surface area contributed by atoms with Crippen molar-refractivity contribution in [1.82, 2.24) is 0 Å². The maximum absolute atomic E-state index is 11.3. The third kappa shape index (κ3) is 1.94. The number of hydrogen-bond acceptors (Lipinski definition) is 5. The van der Waals surface area contributed by atoms with Gasteiger partial charge >= 0.3 is 0 Å². The highest BCUT2D eigenvalue weighted by molar-refractivity contribution is 8.06. The summed E-state index contributed by atoms with van der Waals surface area (Å²) in [7, 11) is 0. The molecule has 1 rings (SSSR count). The highest BCUT2D eigenvalue weighted by atomic mass is 32.2. The van der Waals surface area contributed by atoms with Crippen molar-refractivity contribution in [2.24, 2.45) is 0 Å². The summed E-state index contributed by atoms with van der Waals surface area (Å²) in [5.41, 5.74) is 0. The van der Waals surface area contributed by atoms with Gasteiger partial charge in [-0.3, -0.25) is 4.79 Å². The minimum absolute atomic E-state index is 0.0492. The van der Waals surface area contributed by atoms with Crippen LogP contribution in [-0.2, 0) is 4.79 Å². The average molecular weight is 198 g/mol. The van der Waals surface area contributed by atoms with Crippen LogP contribution >= 0.6 is 23.5 Å². The Morgan fingerprint density at radius 3 is 1.92 bits per heavy atom. The Kier molecular flexibility index (Phi) is 3.46. The molecule has 1 saturated carbocycles. The van der Waals surface area contributed by atoms with Crippen LogP contribution < -0.4 is 0 Å². The third-order valence-electron chi connectivity index (χ3n) is 1.72. The van der Waals surface area contributed by atoms with E-state index in [4.69, 9.17) is 10.5 Å². The van der Waals surface area contributed by atoms with Crippen LogP contribution in [0.15, 0.2) is 0 Å². The topological polar surface area (TPSA) is 64.7 Å². The molecule has 0 bridgehead atoms. The average Bonchev–Trinajstić information content (AvgIpc) is 2.38. The predicted molar refractivity (Wildman–Crippen MR) is 48.2 cm³/mol. The Hall–Kier alpha value is -0.650. The molecule has 1 aliphatic rings. The predicted octanol–water partition coefficient (Wildman–Crippen LogP) is 1.52. The maximum atomic E-state index is 11.3. The van der Waals surface area contributed by atoms with Gasteiger partial charge in [0.05, 0.1) is 10.5 Å². The fourth-order valence-corrected chi connectivity index (χ4v) is 2.57. The zero-order valence-electron chi connectivity index (χ0n) is 6.19. The summed E-state index contributed by atoms with van der Waals surface area (Å²) >= 11 is 2.02. The molecule has 0 aromatic rings. The summed E-state index contributed by atoms with van der Waals surface area (Å²) in [5, 5.41) is 20.1. The molecule has 0 spiro atoms. The van der Waals surface area contributed by atoms with Gasteiger partial charge in [0, 0.05) is 0 Å². The first-order valence-corrected chi connectivity index (χ1v) is 5.18. The highest BCUT2D eigenvalue weighted by Crippen LogP contribution is 2.32. The van der Waals surface area contributed by atoms with Crippen molar-refractivity contribution < 1.29 is 4.79 Å². The highest BCUT2D eigenvalue weighted by Gasteiger charge is 2.35. The monoisotopic (exact) mass is 198 g/mol. The second kappa shape index (κ2) is 4.39. The standard InChI is InChI=1S/C7H6N2OS2/c8-3-11-5-1-2-6(7(5)10)12-4-9/h5-6H,1-2H2/t5-,6-/m1/s1. The Morgan fingerprint density at radius 2 is 1.58 bits per heavy atom. The number of carbonyl (C=O) groups is 1. The maximum Gasteiger partial charge on any atom is 0.160 e. The first kappa shape index (κ1) is 9.44. The van der Waals surface area contributed by atoms with E-state index in [1.165, 1.54) is 0 Å². The number of nitriles is 2. The van der Waals surface area contributed by atoms with E-state index >= 15 is 0 Å². The van der Waals surface area contributed by atoms with E-state index in [0.29, 0.717) is 0 Å². The Balaban J connectivity index is 2.51. The minimum atomic E-state index is -0.194. The molecule has 0 radical (unpaired) electrons. The van der Waals surface area contributed by atoms with E-state index < -0.39 is 0 Å². The van der Waals surface area contributed by atoms with Gasteiger partial charge in [0.1, 0.15) is 10.8 Å². The van der Waals surface area contributed by atoms with Gasteiger partial charge in [-0.25, -0.2) is 0 Å². The molecule has 5 heteroatoms. The van der Waals surface area contributed by atoms with Crippen LogP contribution in [0.5, 0.6) is 0 Å². The van der Waals surface area contributed by atoms with Crippen molar-refractivity contribution >= 4 is 29.3 Å². The zero-order valence-corrected chi connectivity index (χ0v) is 7.82.